The molecule has 3 heterocycles. The van der Waals surface area contributed by atoms with Crippen molar-refractivity contribution >= 4 is 46.3 Å². The number of thiophene rings is 1. The quantitative estimate of drug-likeness (QED) is 0.369. The maximum absolute atomic E-state index is 13.5. The topological polar surface area (TPSA) is 60.7 Å². The summed E-state index contributed by atoms with van der Waals surface area (Å²) >= 11 is 8.90. The summed E-state index contributed by atoms with van der Waals surface area (Å²) in [6.45, 7) is 1.93. The lowest BCUT2D eigenvalue weighted by Crippen LogP contribution is -2.39. The molecule has 0 spiro atoms. The number of hydrogen-bond acceptors (Lipinski definition) is 6. The van der Waals surface area contributed by atoms with Crippen molar-refractivity contribution in [3.05, 3.63) is 124 Å². The lowest BCUT2D eigenvalue weighted by Gasteiger charge is -2.23. The number of halogens is 1. The number of nitrogens with zero attached hydrogens (tertiary/aromatic N) is 2. The number of thiazole rings is 1. The molecule has 4 aromatic rings. The second kappa shape index (κ2) is 9.54. The average Bonchev–Trinajstić information content (AvgIpc) is 3.46. The van der Waals surface area contributed by atoms with E-state index >= 15 is 0 Å². The van der Waals surface area contributed by atoms with Gasteiger partial charge in [0.2, 0.25) is 0 Å². The molecule has 170 valence electrons. The summed E-state index contributed by atoms with van der Waals surface area (Å²) in [7, 11) is 0. The number of esters is 1. The second-order valence-electron chi connectivity index (χ2n) is 7.71. The third-order valence-corrected chi connectivity index (χ3v) is 7.56. The molecule has 5 nitrogen and oxygen atoms in total. The summed E-state index contributed by atoms with van der Waals surface area (Å²) in [6, 6.07) is 20.0. The van der Waals surface area contributed by atoms with Gasteiger partial charge in [-0.25, -0.2) is 9.79 Å². The number of fused-ring (bicyclic) bond motifs is 1. The van der Waals surface area contributed by atoms with Gasteiger partial charge in [0, 0.05) is 9.90 Å². The molecular formula is C26H19ClN2O3S2. The van der Waals surface area contributed by atoms with Gasteiger partial charge in [-0.15, -0.1) is 11.3 Å². The molecule has 0 aliphatic carbocycles. The maximum atomic E-state index is 13.5. The van der Waals surface area contributed by atoms with Crippen LogP contribution < -0.4 is 14.9 Å². The number of allylic oxidation sites excluding steroid dienone is 1. The van der Waals surface area contributed by atoms with Crippen LogP contribution in [0.5, 0.6) is 0 Å². The maximum Gasteiger partial charge on any atom is 0.338 e. The monoisotopic (exact) mass is 506 g/mol. The van der Waals surface area contributed by atoms with Gasteiger partial charge < -0.3 is 4.74 Å². The number of hydrogen-bond donors (Lipinski definition) is 0. The number of rotatable bonds is 5. The van der Waals surface area contributed by atoms with Gasteiger partial charge in [0.05, 0.1) is 15.8 Å². The first-order chi connectivity index (χ1) is 16.5. The van der Waals surface area contributed by atoms with Crippen molar-refractivity contribution in [2.75, 3.05) is 0 Å². The fourth-order valence-electron chi connectivity index (χ4n) is 3.85. The van der Waals surface area contributed by atoms with Crippen LogP contribution >= 0.6 is 34.3 Å². The van der Waals surface area contributed by atoms with E-state index in [4.69, 9.17) is 16.3 Å². The Morgan fingerprint density at radius 2 is 1.97 bits per heavy atom. The molecule has 0 saturated heterocycles. The third kappa shape index (κ3) is 4.42. The van der Waals surface area contributed by atoms with E-state index in [1.54, 1.807) is 29.7 Å². The van der Waals surface area contributed by atoms with Crippen LogP contribution in [0.1, 0.15) is 29.0 Å². The molecule has 0 bridgehead atoms. The Morgan fingerprint density at radius 3 is 2.71 bits per heavy atom. The van der Waals surface area contributed by atoms with Gasteiger partial charge in [-0.3, -0.25) is 9.36 Å². The lowest BCUT2D eigenvalue weighted by atomic mass is 10.0. The molecule has 0 N–H and O–H groups in total. The molecule has 0 radical (unpaired) electrons. The largest absolute Gasteiger partial charge is 0.457 e. The van der Waals surface area contributed by atoms with Crippen molar-refractivity contribution < 1.29 is 9.53 Å². The Morgan fingerprint density at radius 1 is 1.15 bits per heavy atom. The minimum atomic E-state index is -0.596. The zero-order chi connectivity index (χ0) is 23.7. The van der Waals surface area contributed by atoms with Crippen LogP contribution in [0.15, 0.2) is 93.2 Å². The van der Waals surface area contributed by atoms with E-state index < -0.39 is 12.0 Å². The van der Waals surface area contributed by atoms with Gasteiger partial charge in [0.1, 0.15) is 12.6 Å². The summed E-state index contributed by atoms with van der Waals surface area (Å²) in [5.41, 5.74) is 2.43. The Labute approximate surface area is 208 Å². The SMILES string of the molecule is CC1=C(C(=O)OCc2ccccc2)C(c2cccs2)n2c(s/c(=C/c3cccc(Cl)c3)c2=O)=N1. The predicted octanol–water partition coefficient (Wildman–Crippen LogP) is 4.69. The highest BCUT2D eigenvalue weighted by Crippen LogP contribution is 2.33. The predicted molar refractivity (Wildman–Crippen MR) is 136 cm³/mol. The second-order valence-corrected chi connectivity index (χ2v) is 10.1. The molecule has 2 aromatic carbocycles. The van der Waals surface area contributed by atoms with Gasteiger partial charge in [-0.2, -0.15) is 0 Å². The van der Waals surface area contributed by atoms with Gasteiger partial charge in [-0.1, -0.05) is 71.5 Å². The van der Waals surface area contributed by atoms with Crippen LogP contribution in [-0.2, 0) is 16.1 Å². The lowest BCUT2D eigenvalue weighted by molar-refractivity contribution is -0.140. The van der Waals surface area contributed by atoms with Gasteiger partial charge in [0.15, 0.2) is 4.80 Å². The first kappa shape index (κ1) is 22.5. The van der Waals surface area contributed by atoms with Crippen molar-refractivity contribution in [3.8, 4) is 0 Å². The first-order valence-corrected chi connectivity index (χ1v) is 12.6. The number of ether oxygens (including phenoxy) is 1. The summed E-state index contributed by atoms with van der Waals surface area (Å²) < 4.78 is 7.77. The Balaban J connectivity index is 1.59. The molecular weight excluding hydrogens is 488 g/mol. The highest BCUT2D eigenvalue weighted by atomic mass is 35.5. The molecule has 0 saturated carbocycles. The van der Waals surface area contributed by atoms with Crippen molar-refractivity contribution in [3.63, 3.8) is 0 Å². The molecule has 1 aliphatic heterocycles. The molecule has 1 unspecified atom stereocenters. The standard InChI is InChI=1S/C26H19ClN2O3S2/c1-16-22(25(31)32-15-17-7-3-2-4-8-17)23(20-11-6-12-33-20)29-24(30)21(34-26(29)28-16)14-18-9-5-10-19(27)13-18/h2-14,23H,15H2,1H3/b21-14+. The van der Waals surface area contributed by atoms with Crippen LogP contribution in [0.3, 0.4) is 0 Å². The van der Waals surface area contributed by atoms with Crippen molar-refractivity contribution in [1.29, 1.82) is 0 Å². The van der Waals surface area contributed by atoms with E-state index in [0.29, 0.717) is 25.6 Å². The Hall–Kier alpha value is -3.26. The van der Waals surface area contributed by atoms with Crippen molar-refractivity contribution in [2.45, 2.75) is 19.6 Å². The van der Waals surface area contributed by atoms with Gasteiger partial charge in [-0.05, 0) is 47.7 Å². The van der Waals surface area contributed by atoms with E-state index in [1.807, 2.05) is 60.0 Å². The van der Waals surface area contributed by atoms with E-state index in [1.165, 1.54) is 22.7 Å². The van der Waals surface area contributed by atoms with Crippen LogP contribution in [0.2, 0.25) is 5.02 Å². The van der Waals surface area contributed by atoms with Crippen LogP contribution in [0, 0.1) is 0 Å². The van der Waals surface area contributed by atoms with E-state index in [2.05, 4.69) is 4.99 Å². The van der Waals surface area contributed by atoms with Crippen LogP contribution in [0.25, 0.3) is 6.08 Å². The summed E-state index contributed by atoms with van der Waals surface area (Å²) in [6.07, 6.45) is 1.80. The van der Waals surface area contributed by atoms with E-state index in [9.17, 15) is 9.59 Å². The first-order valence-electron chi connectivity index (χ1n) is 10.5. The normalized spacial score (nSPS) is 15.7. The number of carbonyl (C=O) groups is 1. The Bertz CT molecular complexity index is 1570. The summed E-state index contributed by atoms with van der Waals surface area (Å²) in [5.74, 6) is -0.479. The molecule has 2 aromatic heterocycles. The fourth-order valence-corrected chi connectivity index (χ4v) is 5.92. The smallest absolute Gasteiger partial charge is 0.338 e. The Kier molecular flexibility index (Phi) is 6.32. The highest BCUT2D eigenvalue weighted by molar-refractivity contribution is 7.10. The zero-order valence-electron chi connectivity index (χ0n) is 18.1. The molecule has 0 fully saturated rings. The average molecular weight is 507 g/mol. The number of carbonyl (C=O) groups excluding carboxylic acids is 1. The molecule has 1 aliphatic rings. The number of aromatic nitrogens is 1. The molecule has 8 heteroatoms. The molecule has 1 atom stereocenters. The summed E-state index contributed by atoms with van der Waals surface area (Å²) in [4.78, 5) is 32.9. The third-order valence-electron chi connectivity index (χ3n) is 5.41. The minimum absolute atomic E-state index is 0.146. The van der Waals surface area contributed by atoms with Crippen LogP contribution in [0.4, 0.5) is 0 Å². The highest BCUT2D eigenvalue weighted by Gasteiger charge is 2.34. The van der Waals surface area contributed by atoms with Gasteiger partial charge >= 0.3 is 5.97 Å². The van der Waals surface area contributed by atoms with Crippen molar-refractivity contribution in [1.82, 2.24) is 4.57 Å². The molecule has 34 heavy (non-hydrogen) atoms. The van der Waals surface area contributed by atoms with Crippen LogP contribution in [-0.4, -0.2) is 10.5 Å². The fraction of sp³-hybridized carbons (Fsp3) is 0.115. The van der Waals surface area contributed by atoms with E-state index in [0.717, 1.165) is 16.0 Å². The van der Waals surface area contributed by atoms with E-state index in [-0.39, 0.29) is 12.2 Å². The number of benzene rings is 2. The molecule has 0 amide bonds. The zero-order valence-corrected chi connectivity index (χ0v) is 20.5. The van der Waals surface area contributed by atoms with Crippen molar-refractivity contribution in [2.24, 2.45) is 4.99 Å². The molecule has 5 rings (SSSR count). The minimum Gasteiger partial charge on any atom is -0.457 e. The summed E-state index contributed by atoms with van der Waals surface area (Å²) in [5, 5.41) is 2.52. The van der Waals surface area contributed by atoms with Gasteiger partial charge in [0.25, 0.3) is 5.56 Å².